The molecule has 0 amide bonds. The van der Waals surface area contributed by atoms with Crippen molar-refractivity contribution >= 4 is 0 Å². The summed E-state index contributed by atoms with van der Waals surface area (Å²) in [5.74, 6) is 0. The van der Waals surface area contributed by atoms with Crippen LogP contribution in [0.15, 0.2) is 0 Å². The quantitative estimate of drug-likeness (QED) is 0.397. The average molecular weight is 160 g/mol. The van der Waals surface area contributed by atoms with Crippen LogP contribution in [0.25, 0.3) is 0 Å². The second kappa shape index (κ2) is 9.88. The van der Waals surface area contributed by atoms with Crippen LogP contribution >= 0.6 is 0 Å². The summed E-state index contributed by atoms with van der Waals surface area (Å²) in [5.41, 5.74) is 0. The summed E-state index contributed by atoms with van der Waals surface area (Å²) in [6.45, 7) is 8.84. The minimum Gasteiger partial charge on any atom is -0.355 e. The summed E-state index contributed by atoms with van der Waals surface area (Å²) in [6, 6.07) is 0. The highest BCUT2D eigenvalue weighted by molar-refractivity contribution is 4.37. The van der Waals surface area contributed by atoms with Gasteiger partial charge in [-0.15, -0.1) is 0 Å². The lowest BCUT2D eigenvalue weighted by molar-refractivity contribution is -0.126. The van der Waals surface area contributed by atoms with Crippen molar-refractivity contribution in [1.82, 2.24) is 0 Å². The van der Waals surface area contributed by atoms with E-state index in [1.807, 2.05) is 0 Å². The van der Waals surface area contributed by atoms with Crippen molar-refractivity contribution in [3.05, 3.63) is 13.8 Å². The number of hydrogen-bond donors (Lipinski definition) is 0. The number of rotatable bonds is 8. The Morgan fingerprint density at radius 2 is 1.64 bits per heavy atom. The molecule has 0 spiro atoms. The van der Waals surface area contributed by atoms with E-state index < -0.39 is 0 Å². The molecule has 0 aliphatic heterocycles. The van der Waals surface area contributed by atoms with Gasteiger partial charge in [-0.1, -0.05) is 13.3 Å². The van der Waals surface area contributed by atoms with Gasteiger partial charge in [-0.3, -0.25) is 0 Å². The van der Waals surface area contributed by atoms with Crippen molar-refractivity contribution in [2.24, 2.45) is 0 Å². The molecule has 0 rings (SSSR count). The summed E-state index contributed by atoms with van der Waals surface area (Å²) < 4.78 is 14.8. The normalized spacial score (nSPS) is 10.4. The van der Waals surface area contributed by atoms with E-state index in [-0.39, 0.29) is 6.79 Å². The predicted octanol–water partition coefficient (Wildman–Crippen LogP) is 1.40. The van der Waals surface area contributed by atoms with Crippen molar-refractivity contribution in [3.63, 3.8) is 0 Å². The van der Waals surface area contributed by atoms with Crippen LogP contribution in [-0.2, 0) is 14.2 Å². The van der Waals surface area contributed by atoms with E-state index in [0.29, 0.717) is 20.0 Å². The molecule has 0 fully saturated rings. The van der Waals surface area contributed by atoms with Crippen LogP contribution in [0.4, 0.5) is 0 Å². The summed E-state index contributed by atoms with van der Waals surface area (Å²) in [7, 11) is 0. The maximum absolute atomic E-state index is 5.06. The molecule has 0 aromatic carbocycles. The fourth-order valence-electron chi connectivity index (χ4n) is 0.474. The van der Waals surface area contributed by atoms with E-state index >= 15 is 0 Å². The molecule has 0 aromatic heterocycles. The lowest BCUT2D eigenvalue weighted by Crippen LogP contribution is -2.05. The molecule has 0 unspecified atom stereocenters. The van der Waals surface area contributed by atoms with Gasteiger partial charge in [0.05, 0.1) is 0 Å². The number of ether oxygens (including phenoxy) is 3. The summed E-state index contributed by atoms with van der Waals surface area (Å²) in [4.78, 5) is 0. The van der Waals surface area contributed by atoms with E-state index in [0.717, 1.165) is 12.8 Å². The van der Waals surface area contributed by atoms with Gasteiger partial charge < -0.3 is 14.2 Å². The van der Waals surface area contributed by atoms with E-state index in [2.05, 4.69) is 13.8 Å². The molecule has 0 atom stereocenters. The Balaban J connectivity index is 2.69. The van der Waals surface area contributed by atoms with Crippen LogP contribution in [0.1, 0.15) is 12.8 Å². The highest BCUT2D eigenvalue weighted by atomic mass is 16.7. The largest absolute Gasteiger partial charge is 0.355 e. The van der Waals surface area contributed by atoms with Crippen LogP contribution in [0.5, 0.6) is 0 Å². The molecule has 66 valence electrons. The van der Waals surface area contributed by atoms with Crippen molar-refractivity contribution in [3.8, 4) is 0 Å². The molecular weight excluding hydrogens is 144 g/mol. The average Bonchev–Trinajstić information content (AvgIpc) is 2.03. The lowest BCUT2D eigenvalue weighted by Gasteiger charge is -2.04. The van der Waals surface area contributed by atoms with Gasteiger partial charge in [0.25, 0.3) is 0 Å². The highest BCUT2D eigenvalue weighted by Crippen LogP contribution is 1.87. The van der Waals surface area contributed by atoms with Crippen LogP contribution in [0.2, 0.25) is 0 Å². The van der Waals surface area contributed by atoms with Gasteiger partial charge in [-0.2, -0.15) is 0 Å². The van der Waals surface area contributed by atoms with Crippen LogP contribution in [-0.4, -0.2) is 26.8 Å². The van der Waals surface area contributed by atoms with Crippen LogP contribution in [0, 0.1) is 13.8 Å². The van der Waals surface area contributed by atoms with Crippen molar-refractivity contribution in [1.29, 1.82) is 0 Å². The van der Waals surface area contributed by atoms with Crippen molar-refractivity contribution in [2.75, 3.05) is 26.8 Å². The third kappa shape index (κ3) is 9.88. The first-order chi connectivity index (χ1) is 5.41. The Morgan fingerprint density at radius 1 is 0.909 bits per heavy atom. The maximum atomic E-state index is 5.06. The van der Waals surface area contributed by atoms with Gasteiger partial charge in [-0.25, -0.2) is 0 Å². The first-order valence-electron chi connectivity index (χ1n) is 3.73. The molecule has 0 bridgehead atoms. The molecule has 2 radical (unpaired) electrons. The molecular formula is C8H16O3. The second-order valence-electron chi connectivity index (χ2n) is 1.96. The molecule has 11 heavy (non-hydrogen) atoms. The minimum absolute atomic E-state index is 0.258. The molecule has 0 heterocycles. The zero-order valence-corrected chi connectivity index (χ0v) is 6.88. The van der Waals surface area contributed by atoms with E-state index in [1.54, 1.807) is 0 Å². The molecule has 0 aliphatic carbocycles. The van der Waals surface area contributed by atoms with Crippen molar-refractivity contribution in [2.45, 2.75) is 12.8 Å². The van der Waals surface area contributed by atoms with Gasteiger partial charge in [-0.05, 0) is 13.3 Å². The molecule has 0 saturated heterocycles. The van der Waals surface area contributed by atoms with Gasteiger partial charge in [0.1, 0.15) is 13.6 Å². The molecule has 0 saturated carbocycles. The molecule has 3 heteroatoms. The van der Waals surface area contributed by atoms with E-state index in [1.165, 1.54) is 0 Å². The van der Waals surface area contributed by atoms with E-state index in [9.17, 15) is 0 Å². The fourth-order valence-corrected chi connectivity index (χ4v) is 0.474. The monoisotopic (exact) mass is 160 g/mol. The molecule has 0 aromatic rings. The maximum Gasteiger partial charge on any atom is 0.149 e. The lowest BCUT2D eigenvalue weighted by atomic mass is 10.4. The van der Waals surface area contributed by atoms with Crippen LogP contribution < -0.4 is 0 Å². The molecule has 3 nitrogen and oxygen atoms in total. The van der Waals surface area contributed by atoms with Gasteiger partial charge in [0.2, 0.25) is 0 Å². The third-order valence-corrected chi connectivity index (χ3v) is 1.02. The fraction of sp³-hybridized carbons (Fsp3) is 0.750. The third-order valence-electron chi connectivity index (χ3n) is 1.02. The zero-order valence-electron chi connectivity index (χ0n) is 6.88. The highest BCUT2D eigenvalue weighted by Gasteiger charge is 1.86. The van der Waals surface area contributed by atoms with Gasteiger partial charge in [0.15, 0.2) is 0 Å². The number of unbranched alkanes of at least 4 members (excludes halogenated alkanes) is 1. The first kappa shape index (κ1) is 10.9. The Kier molecular flexibility index (Phi) is 9.77. The minimum atomic E-state index is 0.258. The summed E-state index contributed by atoms with van der Waals surface area (Å²) in [5, 5.41) is 0. The zero-order chi connectivity index (χ0) is 8.36. The van der Waals surface area contributed by atoms with Gasteiger partial charge in [0, 0.05) is 13.2 Å². The van der Waals surface area contributed by atoms with E-state index in [4.69, 9.17) is 14.2 Å². The second-order valence-corrected chi connectivity index (χ2v) is 1.96. The Hall–Kier alpha value is -0.120. The van der Waals surface area contributed by atoms with Crippen LogP contribution in [0.3, 0.4) is 0 Å². The Bertz CT molecular complexity index is 58.4. The first-order valence-corrected chi connectivity index (χ1v) is 3.73. The topological polar surface area (TPSA) is 27.7 Å². The molecule has 0 aliphatic rings. The molecule has 0 N–H and O–H groups in total. The number of hydrogen-bond acceptors (Lipinski definition) is 3. The standard InChI is InChI=1S/C8H16O3/c1-3-5-6-10-8-11-7-9-4-2/h1-8H2. The smallest absolute Gasteiger partial charge is 0.149 e. The SMILES string of the molecule is [CH2]CCCOCOCOC[CH2]. The van der Waals surface area contributed by atoms with Gasteiger partial charge >= 0.3 is 0 Å². The van der Waals surface area contributed by atoms with Crippen molar-refractivity contribution < 1.29 is 14.2 Å². The Labute approximate surface area is 68.6 Å². The summed E-state index contributed by atoms with van der Waals surface area (Å²) >= 11 is 0. The predicted molar refractivity (Wildman–Crippen MR) is 42.7 cm³/mol. The summed E-state index contributed by atoms with van der Waals surface area (Å²) in [6.07, 6.45) is 1.87. The Morgan fingerprint density at radius 3 is 2.27 bits per heavy atom.